The van der Waals surface area contributed by atoms with Gasteiger partial charge >= 0.3 is 0 Å². The van der Waals surface area contributed by atoms with Crippen molar-refractivity contribution < 1.29 is 13.3 Å². The fraction of sp³-hybridized carbons (Fsp3) is 0.100. The van der Waals surface area contributed by atoms with Crippen LogP contribution in [0.25, 0.3) is 11.3 Å². The van der Waals surface area contributed by atoms with Crippen LogP contribution in [0.3, 0.4) is 0 Å². The SMILES string of the molecule is Nc1ccc(-c2cc(Cc3ccc(Cc4ccc(F)cc4)o3)no2)c(N)n1. The molecule has 4 rings (SSSR count). The monoisotopic (exact) mass is 364 g/mol. The van der Waals surface area contributed by atoms with Crippen LogP contribution in [0.15, 0.2) is 63.5 Å². The molecule has 4 aromatic rings. The number of benzene rings is 1. The van der Waals surface area contributed by atoms with Crippen molar-refractivity contribution in [2.75, 3.05) is 11.5 Å². The summed E-state index contributed by atoms with van der Waals surface area (Å²) in [6, 6.07) is 15.4. The van der Waals surface area contributed by atoms with Gasteiger partial charge in [0.05, 0.1) is 17.7 Å². The third-order valence-electron chi connectivity index (χ3n) is 4.13. The Labute approximate surface area is 154 Å². The maximum absolute atomic E-state index is 13.0. The smallest absolute Gasteiger partial charge is 0.170 e. The maximum Gasteiger partial charge on any atom is 0.170 e. The molecule has 0 fully saturated rings. The lowest BCUT2D eigenvalue weighted by Gasteiger charge is -2.00. The number of hydrogen-bond acceptors (Lipinski definition) is 6. The molecule has 7 heteroatoms. The third-order valence-corrected chi connectivity index (χ3v) is 4.13. The van der Waals surface area contributed by atoms with Gasteiger partial charge in [-0.05, 0) is 42.0 Å². The van der Waals surface area contributed by atoms with Gasteiger partial charge in [-0.2, -0.15) is 0 Å². The quantitative estimate of drug-likeness (QED) is 0.558. The number of aromatic nitrogens is 2. The minimum absolute atomic E-state index is 0.252. The molecule has 136 valence electrons. The van der Waals surface area contributed by atoms with Crippen molar-refractivity contribution in [2.45, 2.75) is 12.8 Å². The number of nitrogen functional groups attached to an aromatic ring is 2. The Kier molecular flexibility index (Phi) is 4.33. The van der Waals surface area contributed by atoms with Crippen molar-refractivity contribution in [3.05, 3.63) is 83.2 Å². The van der Waals surface area contributed by atoms with Gasteiger partial charge in [-0.25, -0.2) is 9.37 Å². The second kappa shape index (κ2) is 6.95. The van der Waals surface area contributed by atoms with Gasteiger partial charge in [0.15, 0.2) is 5.76 Å². The first-order valence-corrected chi connectivity index (χ1v) is 8.37. The molecule has 0 bridgehead atoms. The molecule has 3 heterocycles. The van der Waals surface area contributed by atoms with E-state index in [9.17, 15) is 4.39 Å². The van der Waals surface area contributed by atoms with Crippen molar-refractivity contribution in [3.8, 4) is 11.3 Å². The second-order valence-electron chi connectivity index (χ2n) is 6.20. The van der Waals surface area contributed by atoms with Crippen molar-refractivity contribution in [1.29, 1.82) is 0 Å². The number of pyridine rings is 1. The first kappa shape index (κ1) is 16.8. The molecule has 0 saturated carbocycles. The summed E-state index contributed by atoms with van der Waals surface area (Å²) in [6.45, 7) is 0. The second-order valence-corrected chi connectivity index (χ2v) is 6.20. The summed E-state index contributed by atoms with van der Waals surface area (Å²) in [6.07, 6.45) is 1.08. The number of nitrogens with two attached hydrogens (primary N) is 2. The van der Waals surface area contributed by atoms with Gasteiger partial charge in [-0.1, -0.05) is 17.3 Å². The summed E-state index contributed by atoms with van der Waals surface area (Å²) in [4.78, 5) is 4.02. The Bertz CT molecular complexity index is 1070. The lowest BCUT2D eigenvalue weighted by Crippen LogP contribution is -1.97. The average molecular weight is 364 g/mol. The summed E-state index contributed by atoms with van der Waals surface area (Å²) < 4.78 is 24.2. The molecule has 0 radical (unpaired) electrons. The van der Waals surface area contributed by atoms with Crippen LogP contribution >= 0.6 is 0 Å². The first-order chi connectivity index (χ1) is 13.1. The van der Waals surface area contributed by atoms with Crippen LogP contribution in [0.5, 0.6) is 0 Å². The van der Waals surface area contributed by atoms with Crippen LogP contribution in [-0.2, 0) is 12.8 Å². The fourth-order valence-electron chi connectivity index (χ4n) is 2.82. The summed E-state index contributed by atoms with van der Waals surface area (Å²) >= 11 is 0. The Morgan fingerprint density at radius 3 is 2.37 bits per heavy atom. The van der Waals surface area contributed by atoms with Gasteiger partial charge in [0, 0.05) is 12.5 Å². The van der Waals surface area contributed by atoms with Crippen LogP contribution in [0, 0.1) is 5.82 Å². The molecule has 6 nitrogen and oxygen atoms in total. The zero-order valence-corrected chi connectivity index (χ0v) is 14.4. The molecule has 0 spiro atoms. The lowest BCUT2D eigenvalue weighted by molar-refractivity contribution is 0.419. The Balaban J connectivity index is 1.46. The van der Waals surface area contributed by atoms with Crippen LogP contribution in [0.1, 0.15) is 22.8 Å². The summed E-state index contributed by atoms with van der Waals surface area (Å²) in [5.41, 5.74) is 13.8. The molecule has 0 atom stereocenters. The third kappa shape index (κ3) is 3.82. The molecule has 4 N–H and O–H groups in total. The van der Waals surface area contributed by atoms with E-state index in [1.165, 1.54) is 12.1 Å². The fourth-order valence-corrected chi connectivity index (χ4v) is 2.82. The molecular weight excluding hydrogens is 347 g/mol. The van der Waals surface area contributed by atoms with Gasteiger partial charge in [0.1, 0.15) is 29.0 Å². The van der Waals surface area contributed by atoms with E-state index < -0.39 is 0 Å². The van der Waals surface area contributed by atoms with Crippen LogP contribution in [0.2, 0.25) is 0 Å². The largest absolute Gasteiger partial charge is 0.465 e. The van der Waals surface area contributed by atoms with Crippen molar-refractivity contribution >= 4 is 11.6 Å². The van der Waals surface area contributed by atoms with Gasteiger partial charge in [0.25, 0.3) is 0 Å². The number of halogens is 1. The Morgan fingerprint density at radius 2 is 1.63 bits per heavy atom. The van der Waals surface area contributed by atoms with E-state index in [-0.39, 0.29) is 11.6 Å². The number of furan rings is 1. The zero-order valence-electron chi connectivity index (χ0n) is 14.4. The molecule has 0 saturated heterocycles. The highest BCUT2D eigenvalue weighted by Gasteiger charge is 2.13. The standard InChI is InChI=1S/C20H17FN4O2/c21-13-3-1-12(2-4-13)9-15-5-6-16(26-15)10-14-11-18(27-25-14)17-7-8-19(22)24-20(17)23/h1-8,11H,9-10H2,(H4,22,23,24). The highest BCUT2D eigenvalue weighted by atomic mass is 19.1. The van der Waals surface area contributed by atoms with E-state index >= 15 is 0 Å². The highest BCUT2D eigenvalue weighted by Crippen LogP contribution is 2.27. The number of hydrogen-bond donors (Lipinski definition) is 2. The molecule has 0 amide bonds. The number of rotatable bonds is 5. The molecule has 0 aliphatic rings. The van der Waals surface area contributed by atoms with E-state index in [2.05, 4.69) is 10.1 Å². The van der Waals surface area contributed by atoms with Crippen molar-refractivity contribution in [3.63, 3.8) is 0 Å². The molecule has 0 aliphatic carbocycles. The van der Waals surface area contributed by atoms with Crippen molar-refractivity contribution in [1.82, 2.24) is 10.1 Å². The molecule has 27 heavy (non-hydrogen) atoms. The minimum atomic E-state index is -0.252. The predicted molar refractivity (Wildman–Crippen MR) is 99.3 cm³/mol. The minimum Gasteiger partial charge on any atom is -0.465 e. The van der Waals surface area contributed by atoms with Gasteiger partial charge < -0.3 is 20.4 Å². The Hall–Kier alpha value is -3.61. The van der Waals surface area contributed by atoms with Gasteiger partial charge in [-0.3, -0.25) is 0 Å². The number of nitrogens with zero attached hydrogens (tertiary/aromatic N) is 2. The summed E-state index contributed by atoms with van der Waals surface area (Å²) in [7, 11) is 0. The zero-order chi connectivity index (χ0) is 18.8. The summed E-state index contributed by atoms with van der Waals surface area (Å²) in [5, 5.41) is 4.06. The molecule has 0 aliphatic heterocycles. The maximum atomic E-state index is 13.0. The van der Waals surface area contributed by atoms with Gasteiger partial charge in [-0.15, -0.1) is 0 Å². The van der Waals surface area contributed by atoms with E-state index in [4.69, 9.17) is 20.4 Å². The van der Waals surface area contributed by atoms with E-state index in [0.29, 0.717) is 35.7 Å². The molecule has 1 aromatic carbocycles. The lowest BCUT2D eigenvalue weighted by atomic mass is 10.1. The van der Waals surface area contributed by atoms with E-state index in [1.807, 2.05) is 12.1 Å². The van der Waals surface area contributed by atoms with Crippen LogP contribution in [0.4, 0.5) is 16.0 Å². The number of anilines is 2. The molecule has 0 unspecified atom stereocenters. The molecular formula is C20H17FN4O2. The Morgan fingerprint density at radius 1 is 0.889 bits per heavy atom. The van der Waals surface area contributed by atoms with Crippen LogP contribution < -0.4 is 11.5 Å². The average Bonchev–Trinajstić information content (AvgIpc) is 3.27. The highest BCUT2D eigenvalue weighted by molar-refractivity contribution is 5.71. The van der Waals surface area contributed by atoms with Gasteiger partial charge in [0.2, 0.25) is 0 Å². The topological polar surface area (TPSA) is 104 Å². The normalized spacial score (nSPS) is 11.0. The summed E-state index contributed by atoms with van der Waals surface area (Å²) in [5.74, 6) is 2.46. The predicted octanol–water partition coefficient (Wildman–Crippen LogP) is 3.81. The molecule has 3 aromatic heterocycles. The van der Waals surface area contributed by atoms with Crippen LogP contribution in [-0.4, -0.2) is 10.1 Å². The van der Waals surface area contributed by atoms with E-state index in [0.717, 1.165) is 17.1 Å². The van der Waals surface area contributed by atoms with E-state index in [1.54, 1.807) is 30.3 Å². The first-order valence-electron chi connectivity index (χ1n) is 8.37. The van der Waals surface area contributed by atoms with Crippen molar-refractivity contribution in [2.24, 2.45) is 0 Å².